The molecule has 0 aromatic heterocycles. The van der Waals surface area contributed by atoms with Crippen molar-refractivity contribution in [3.63, 3.8) is 0 Å². The van der Waals surface area contributed by atoms with Crippen LogP contribution in [0.15, 0.2) is 65.5 Å². The van der Waals surface area contributed by atoms with Crippen molar-refractivity contribution < 1.29 is 24.5 Å². The number of carbonyl (C=O) groups excluding carboxylic acids is 1. The van der Waals surface area contributed by atoms with Gasteiger partial charge in [-0.2, -0.15) is 0 Å². The Balaban J connectivity index is 1.65. The molecule has 0 amide bonds. The number of phenolic OH excluding ortho intramolecular Hbond substituents is 1. The average molecular weight is 362 g/mol. The number of esters is 1. The van der Waals surface area contributed by atoms with E-state index in [1.807, 2.05) is 12.2 Å². The summed E-state index contributed by atoms with van der Waals surface area (Å²) in [6.45, 7) is 0. The zero-order valence-corrected chi connectivity index (χ0v) is 14.5. The van der Waals surface area contributed by atoms with Gasteiger partial charge in [0.2, 0.25) is 0 Å². The second-order valence-corrected chi connectivity index (χ2v) is 7.93. The Bertz CT molecular complexity index is 1010. The zero-order chi connectivity index (χ0) is 18.3. The fourth-order valence-electron chi connectivity index (χ4n) is 5.22. The summed E-state index contributed by atoms with van der Waals surface area (Å²) in [6, 6.07) is 4.95. The highest BCUT2D eigenvalue weighted by atomic mass is 16.6. The van der Waals surface area contributed by atoms with E-state index in [4.69, 9.17) is 9.47 Å². The molecule has 0 radical (unpaired) electrons. The Kier molecular flexibility index (Phi) is 2.72. The minimum absolute atomic E-state index is 0.0884. The average Bonchev–Trinajstić information content (AvgIpc) is 3.34. The second kappa shape index (κ2) is 4.85. The van der Waals surface area contributed by atoms with Crippen LogP contribution in [0, 0.1) is 17.8 Å². The first-order chi connectivity index (χ1) is 13.1. The quantitative estimate of drug-likeness (QED) is 0.692. The number of allylic oxidation sites excluding steroid dienone is 2. The monoisotopic (exact) mass is 362 g/mol. The number of ether oxygens (including phenoxy) is 2. The van der Waals surface area contributed by atoms with Crippen molar-refractivity contribution in [3.05, 3.63) is 71.0 Å². The third-order valence-electron chi connectivity index (χ3n) is 6.44. The van der Waals surface area contributed by atoms with Gasteiger partial charge in [0.15, 0.2) is 5.60 Å². The van der Waals surface area contributed by atoms with Crippen molar-refractivity contribution in [3.8, 4) is 11.5 Å². The lowest BCUT2D eigenvalue weighted by Crippen LogP contribution is -2.49. The fraction of sp³-hybridized carbons (Fsp3) is 0.318. The first-order valence-corrected chi connectivity index (χ1v) is 9.31. The molecular weight excluding hydrogens is 344 g/mol. The van der Waals surface area contributed by atoms with Gasteiger partial charge in [-0.1, -0.05) is 18.2 Å². The summed E-state index contributed by atoms with van der Waals surface area (Å²) in [5.74, 6) is 0.982. The lowest BCUT2D eigenvalue weighted by molar-refractivity contribution is -0.155. The molecule has 1 aromatic carbocycles. The van der Waals surface area contributed by atoms with E-state index in [2.05, 4.69) is 6.08 Å². The molecule has 6 rings (SSSR count). The summed E-state index contributed by atoms with van der Waals surface area (Å²) in [4.78, 5) is 12.9. The third kappa shape index (κ3) is 1.86. The van der Waals surface area contributed by atoms with Crippen LogP contribution >= 0.6 is 0 Å². The predicted octanol–water partition coefficient (Wildman–Crippen LogP) is 3.43. The second-order valence-electron chi connectivity index (χ2n) is 7.93. The summed E-state index contributed by atoms with van der Waals surface area (Å²) in [7, 11) is 0. The predicted molar refractivity (Wildman–Crippen MR) is 96.0 cm³/mol. The lowest BCUT2D eigenvalue weighted by atomic mass is 9.68. The maximum absolute atomic E-state index is 12.9. The minimum atomic E-state index is -0.958. The molecule has 2 N–H and O–H groups in total. The molecule has 1 fully saturated rings. The van der Waals surface area contributed by atoms with Gasteiger partial charge in [-0.15, -0.1) is 0 Å². The highest BCUT2D eigenvalue weighted by molar-refractivity contribution is 5.97. The van der Waals surface area contributed by atoms with Crippen LogP contribution in [0.5, 0.6) is 11.5 Å². The number of fused-ring (bicyclic) bond motifs is 7. The van der Waals surface area contributed by atoms with Gasteiger partial charge in [0.05, 0.1) is 11.5 Å². The minimum Gasteiger partial charge on any atom is -0.508 e. The maximum Gasteiger partial charge on any atom is 0.339 e. The smallest absolute Gasteiger partial charge is 0.339 e. The number of benzene rings is 1. The number of hydrogen-bond donors (Lipinski definition) is 2. The highest BCUT2D eigenvalue weighted by Gasteiger charge is 2.63. The first kappa shape index (κ1) is 15.1. The molecule has 5 aliphatic rings. The molecule has 5 heteroatoms. The summed E-state index contributed by atoms with van der Waals surface area (Å²) in [6.07, 6.45) is 10.7. The first-order valence-electron chi connectivity index (χ1n) is 9.31. The van der Waals surface area contributed by atoms with E-state index in [0.717, 1.165) is 24.0 Å². The van der Waals surface area contributed by atoms with E-state index < -0.39 is 11.7 Å². The molecule has 2 aliphatic heterocycles. The van der Waals surface area contributed by atoms with E-state index in [0.29, 0.717) is 23.2 Å². The van der Waals surface area contributed by atoms with E-state index in [1.54, 1.807) is 30.4 Å². The number of rotatable bonds is 0. The van der Waals surface area contributed by atoms with Gasteiger partial charge in [-0.25, -0.2) is 4.79 Å². The molecule has 5 unspecified atom stereocenters. The number of aromatic hydroxyl groups is 1. The standard InChI is InChI=1S/C22H18O5/c23-12-4-6-16-18(9-12)26-19-10-13(24)5-7-17(19)22(16)20-14(21(25)27-22)3-1-2-11-8-15(11)20/h1,3-7,9-11,15-16,18,23-24H,2,8H2. The normalized spacial score (nSPS) is 37.5. The lowest BCUT2D eigenvalue weighted by Gasteiger charge is -2.46. The molecule has 0 bridgehead atoms. The number of aliphatic hydroxyl groups excluding tert-OH is 1. The number of hydrogen-bond acceptors (Lipinski definition) is 5. The van der Waals surface area contributed by atoms with Gasteiger partial charge in [-0.05, 0) is 54.5 Å². The van der Waals surface area contributed by atoms with Crippen molar-refractivity contribution in [1.82, 2.24) is 0 Å². The molecule has 0 saturated heterocycles. The van der Waals surface area contributed by atoms with Crippen LogP contribution in [0.25, 0.3) is 0 Å². The molecule has 5 nitrogen and oxygen atoms in total. The summed E-state index contributed by atoms with van der Waals surface area (Å²) >= 11 is 0. The van der Waals surface area contributed by atoms with Crippen LogP contribution in [-0.2, 0) is 15.1 Å². The van der Waals surface area contributed by atoms with Gasteiger partial charge < -0.3 is 19.7 Å². The zero-order valence-electron chi connectivity index (χ0n) is 14.5. The van der Waals surface area contributed by atoms with E-state index in [-0.39, 0.29) is 23.4 Å². The van der Waals surface area contributed by atoms with Gasteiger partial charge in [0.25, 0.3) is 0 Å². The molecule has 5 atom stereocenters. The van der Waals surface area contributed by atoms with Crippen molar-refractivity contribution >= 4 is 5.97 Å². The molecule has 3 aliphatic carbocycles. The molecule has 1 saturated carbocycles. The molecule has 1 spiro atoms. The van der Waals surface area contributed by atoms with Crippen molar-refractivity contribution in [2.24, 2.45) is 17.8 Å². The Hall–Kier alpha value is -2.95. The Morgan fingerprint density at radius 1 is 1.19 bits per heavy atom. The maximum atomic E-state index is 12.9. The van der Waals surface area contributed by atoms with E-state index in [1.165, 1.54) is 0 Å². The van der Waals surface area contributed by atoms with Crippen molar-refractivity contribution in [2.45, 2.75) is 24.5 Å². The fourth-order valence-corrected chi connectivity index (χ4v) is 5.22. The van der Waals surface area contributed by atoms with Crippen LogP contribution in [0.3, 0.4) is 0 Å². The van der Waals surface area contributed by atoms with Crippen LogP contribution in [0.2, 0.25) is 0 Å². The Morgan fingerprint density at radius 3 is 2.96 bits per heavy atom. The molecular formula is C22H18O5. The van der Waals surface area contributed by atoms with Crippen molar-refractivity contribution in [2.75, 3.05) is 0 Å². The number of phenols is 1. The molecule has 136 valence electrons. The molecule has 2 heterocycles. The Labute approximate surface area is 155 Å². The highest BCUT2D eigenvalue weighted by Crippen LogP contribution is 2.64. The number of carbonyl (C=O) groups is 1. The molecule has 27 heavy (non-hydrogen) atoms. The van der Waals surface area contributed by atoms with Gasteiger partial charge in [-0.3, -0.25) is 0 Å². The van der Waals surface area contributed by atoms with Crippen LogP contribution < -0.4 is 4.74 Å². The topological polar surface area (TPSA) is 76.0 Å². The Morgan fingerprint density at radius 2 is 2.07 bits per heavy atom. The summed E-state index contributed by atoms with van der Waals surface area (Å²) in [5, 5.41) is 20.0. The molecule has 1 aromatic rings. The van der Waals surface area contributed by atoms with Gasteiger partial charge >= 0.3 is 5.97 Å². The third-order valence-corrected chi connectivity index (χ3v) is 6.44. The SMILES string of the molecule is O=C1OC2(C3=C1C=CCC1CC31)c1ccc(O)cc1OC1C=C(O)C=CC12. The van der Waals surface area contributed by atoms with E-state index >= 15 is 0 Å². The van der Waals surface area contributed by atoms with E-state index in [9.17, 15) is 15.0 Å². The van der Waals surface area contributed by atoms with Crippen LogP contribution in [0.4, 0.5) is 0 Å². The van der Waals surface area contributed by atoms with Gasteiger partial charge in [0.1, 0.15) is 23.4 Å². The largest absolute Gasteiger partial charge is 0.508 e. The van der Waals surface area contributed by atoms with Crippen LogP contribution in [-0.4, -0.2) is 22.3 Å². The number of aliphatic hydroxyl groups is 1. The van der Waals surface area contributed by atoms with Crippen LogP contribution in [0.1, 0.15) is 18.4 Å². The summed E-state index contributed by atoms with van der Waals surface area (Å²) in [5.41, 5.74) is 1.50. The van der Waals surface area contributed by atoms with Gasteiger partial charge in [0, 0.05) is 11.6 Å². The summed E-state index contributed by atoms with van der Waals surface area (Å²) < 4.78 is 12.3. The van der Waals surface area contributed by atoms with Crippen molar-refractivity contribution in [1.29, 1.82) is 0 Å².